The molecule has 1 amide bonds. The van der Waals surface area contributed by atoms with Crippen molar-refractivity contribution >= 4 is 23.5 Å². The Hall–Kier alpha value is -3.47. The van der Waals surface area contributed by atoms with Crippen LogP contribution in [0.5, 0.6) is 5.75 Å². The van der Waals surface area contributed by atoms with Crippen LogP contribution in [0.3, 0.4) is 0 Å². The highest BCUT2D eigenvalue weighted by atomic mass is 35.5. The van der Waals surface area contributed by atoms with E-state index in [0.29, 0.717) is 22.4 Å². The van der Waals surface area contributed by atoms with Gasteiger partial charge in [-0.25, -0.2) is 4.79 Å². The van der Waals surface area contributed by atoms with Gasteiger partial charge in [-0.3, -0.25) is 4.79 Å². The van der Waals surface area contributed by atoms with Gasteiger partial charge >= 0.3 is 5.97 Å². The number of rotatable bonds is 6. The third-order valence-corrected chi connectivity index (χ3v) is 7.22. The van der Waals surface area contributed by atoms with Crippen molar-refractivity contribution < 1.29 is 39.9 Å². The second-order valence-corrected chi connectivity index (χ2v) is 9.84. The first-order valence-electron chi connectivity index (χ1n) is 11.5. The smallest absolute Gasteiger partial charge is 0.337 e. The van der Waals surface area contributed by atoms with Crippen molar-refractivity contribution in [3.05, 3.63) is 87.9 Å². The first-order chi connectivity index (χ1) is 17.4. The minimum Gasteiger partial charge on any atom is -0.489 e. The summed E-state index contributed by atoms with van der Waals surface area (Å²) in [5.41, 5.74) is 3.51. The number of aromatic carboxylic acids is 1. The molecule has 3 aromatic carbocycles. The number of halogens is 1. The molecular formula is C27H24ClNO8. The Bertz CT molecular complexity index is 1390. The molecule has 1 fully saturated rings. The molecule has 9 nitrogen and oxygen atoms in total. The molecule has 5 N–H and O–H groups in total. The van der Waals surface area contributed by atoms with Crippen LogP contribution in [0, 0.1) is 0 Å². The van der Waals surface area contributed by atoms with Gasteiger partial charge in [0.2, 0.25) is 11.6 Å². The second kappa shape index (κ2) is 9.13. The Labute approximate surface area is 216 Å². The van der Waals surface area contributed by atoms with E-state index in [2.05, 4.69) is 0 Å². The Morgan fingerprint density at radius 1 is 0.973 bits per heavy atom. The minimum absolute atomic E-state index is 0.0208. The standard InChI is InChI=1S/C27H24ClNO8/c28-23-7-4-17(10-22(23)25(31)32)16-3-1-2-15(8-16)14-37-20-5-6-21-18(9-20)13-29(24(21)30)19-11-26(33,34)27(35,36)12-19/h1-10,19,33-36H,11-14H2,(H,31,32). The molecule has 1 saturated carbocycles. The van der Waals surface area contributed by atoms with Gasteiger partial charge in [0.25, 0.3) is 5.91 Å². The summed E-state index contributed by atoms with van der Waals surface area (Å²) in [6, 6.07) is 16.6. The first kappa shape index (κ1) is 25.2. The molecule has 0 radical (unpaired) electrons. The molecule has 37 heavy (non-hydrogen) atoms. The Morgan fingerprint density at radius 2 is 1.68 bits per heavy atom. The molecule has 0 aromatic heterocycles. The van der Waals surface area contributed by atoms with Gasteiger partial charge < -0.3 is 35.2 Å². The van der Waals surface area contributed by atoms with Crippen LogP contribution in [-0.4, -0.2) is 59.9 Å². The number of ether oxygens (including phenoxy) is 1. The Kier molecular flexibility index (Phi) is 6.21. The van der Waals surface area contributed by atoms with Gasteiger partial charge in [-0.2, -0.15) is 0 Å². The number of aliphatic hydroxyl groups is 4. The van der Waals surface area contributed by atoms with Crippen molar-refractivity contribution in [3.8, 4) is 16.9 Å². The summed E-state index contributed by atoms with van der Waals surface area (Å²) in [5.74, 6) is -6.29. The lowest BCUT2D eigenvalue weighted by atomic mass is 10.0. The second-order valence-electron chi connectivity index (χ2n) is 9.44. The fourth-order valence-electron chi connectivity index (χ4n) is 4.86. The molecular weight excluding hydrogens is 502 g/mol. The van der Waals surface area contributed by atoms with Gasteiger partial charge in [0.15, 0.2) is 0 Å². The van der Waals surface area contributed by atoms with E-state index < -0.39 is 23.6 Å². The number of fused-ring (bicyclic) bond motifs is 1. The molecule has 1 aliphatic carbocycles. The fraction of sp³-hybridized carbons (Fsp3) is 0.259. The molecule has 10 heteroatoms. The Balaban J connectivity index is 1.28. The predicted molar refractivity (Wildman–Crippen MR) is 132 cm³/mol. The number of amides is 1. The topological polar surface area (TPSA) is 148 Å². The number of carboxylic acid groups (broad SMARTS) is 1. The molecule has 5 rings (SSSR count). The molecule has 0 saturated heterocycles. The number of carbonyl (C=O) groups is 2. The number of hydrogen-bond donors (Lipinski definition) is 5. The average molecular weight is 526 g/mol. The van der Waals surface area contributed by atoms with Crippen LogP contribution in [0.4, 0.5) is 0 Å². The maximum absolute atomic E-state index is 12.9. The van der Waals surface area contributed by atoms with E-state index >= 15 is 0 Å². The van der Waals surface area contributed by atoms with Crippen LogP contribution >= 0.6 is 11.6 Å². The van der Waals surface area contributed by atoms with Crippen molar-refractivity contribution in [1.29, 1.82) is 0 Å². The highest BCUT2D eigenvalue weighted by molar-refractivity contribution is 6.33. The normalized spacial score (nSPS) is 18.2. The summed E-state index contributed by atoms with van der Waals surface area (Å²) in [7, 11) is 0. The quantitative estimate of drug-likeness (QED) is 0.309. The number of benzene rings is 3. The van der Waals surface area contributed by atoms with E-state index in [9.17, 15) is 35.1 Å². The summed E-state index contributed by atoms with van der Waals surface area (Å²) < 4.78 is 5.95. The lowest BCUT2D eigenvalue weighted by Gasteiger charge is -2.26. The van der Waals surface area contributed by atoms with E-state index in [1.54, 1.807) is 30.3 Å². The van der Waals surface area contributed by atoms with E-state index in [1.807, 2.05) is 24.3 Å². The molecule has 0 unspecified atom stereocenters. The molecule has 3 aromatic rings. The monoisotopic (exact) mass is 525 g/mol. The van der Waals surface area contributed by atoms with Gasteiger partial charge in [-0.05, 0) is 58.7 Å². The summed E-state index contributed by atoms with van der Waals surface area (Å²) in [5, 5.41) is 49.0. The maximum Gasteiger partial charge on any atom is 0.337 e. The SMILES string of the molecule is O=C(O)c1cc(-c2cccc(COc3ccc4c(c3)CN(C3CC(O)(O)C(O)(O)C3)C4=O)c2)ccc1Cl. The number of nitrogens with zero attached hydrogens (tertiary/aromatic N) is 1. The highest BCUT2D eigenvalue weighted by Gasteiger charge is 2.58. The summed E-state index contributed by atoms with van der Waals surface area (Å²) in [6.07, 6.45) is -0.748. The third kappa shape index (κ3) is 4.68. The minimum atomic E-state index is -2.70. The number of carboxylic acids is 1. The first-order valence-corrected chi connectivity index (χ1v) is 11.9. The van der Waals surface area contributed by atoms with Gasteiger partial charge in [0.05, 0.1) is 10.6 Å². The van der Waals surface area contributed by atoms with E-state index in [4.69, 9.17) is 16.3 Å². The number of carbonyl (C=O) groups excluding carboxylic acids is 1. The largest absolute Gasteiger partial charge is 0.489 e. The van der Waals surface area contributed by atoms with Crippen LogP contribution in [0.15, 0.2) is 60.7 Å². The van der Waals surface area contributed by atoms with E-state index in [-0.39, 0.29) is 42.5 Å². The van der Waals surface area contributed by atoms with Crippen LogP contribution in [0.1, 0.15) is 44.7 Å². The van der Waals surface area contributed by atoms with Gasteiger partial charge in [-0.15, -0.1) is 0 Å². The molecule has 1 heterocycles. The predicted octanol–water partition coefficient (Wildman–Crippen LogP) is 2.76. The summed E-state index contributed by atoms with van der Waals surface area (Å²) in [4.78, 5) is 25.7. The van der Waals surface area contributed by atoms with Crippen molar-refractivity contribution in [2.45, 2.75) is 43.6 Å². The molecule has 0 bridgehead atoms. The lowest BCUT2D eigenvalue weighted by molar-refractivity contribution is -0.339. The van der Waals surface area contributed by atoms with Crippen molar-refractivity contribution in [2.24, 2.45) is 0 Å². The third-order valence-electron chi connectivity index (χ3n) is 6.89. The molecule has 0 spiro atoms. The van der Waals surface area contributed by atoms with Gasteiger partial charge in [0.1, 0.15) is 12.4 Å². The number of hydrogen-bond acceptors (Lipinski definition) is 7. The molecule has 1 aliphatic heterocycles. The van der Waals surface area contributed by atoms with Crippen LogP contribution in [-0.2, 0) is 13.2 Å². The van der Waals surface area contributed by atoms with Crippen LogP contribution in [0.2, 0.25) is 5.02 Å². The molecule has 0 atom stereocenters. The fourth-order valence-corrected chi connectivity index (χ4v) is 5.06. The molecule has 2 aliphatic rings. The van der Waals surface area contributed by atoms with Gasteiger partial charge in [-0.1, -0.05) is 35.9 Å². The van der Waals surface area contributed by atoms with E-state index in [0.717, 1.165) is 11.1 Å². The molecule has 192 valence electrons. The summed E-state index contributed by atoms with van der Waals surface area (Å²) in [6.45, 7) is 0.404. The van der Waals surface area contributed by atoms with Crippen LogP contribution in [0.25, 0.3) is 11.1 Å². The van der Waals surface area contributed by atoms with Crippen molar-refractivity contribution in [2.75, 3.05) is 0 Å². The zero-order valence-corrected chi connectivity index (χ0v) is 20.2. The van der Waals surface area contributed by atoms with Crippen LogP contribution < -0.4 is 4.74 Å². The lowest BCUT2D eigenvalue weighted by Crippen LogP contribution is -2.49. The maximum atomic E-state index is 12.9. The zero-order chi connectivity index (χ0) is 26.5. The van der Waals surface area contributed by atoms with Crippen molar-refractivity contribution in [3.63, 3.8) is 0 Å². The van der Waals surface area contributed by atoms with Crippen molar-refractivity contribution in [1.82, 2.24) is 4.90 Å². The summed E-state index contributed by atoms with van der Waals surface area (Å²) >= 11 is 5.98. The van der Waals surface area contributed by atoms with E-state index in [1.165, 1.54) is 11.0 Å². The zero-order valence-electron chi connectivity index (χ0n) is 19.5. The Morgan fingerprint density at radius 3 is 2.38 bits per heavy atom. The highest BCUT2D eigenvalue weighted by Crippen LogP contribution is 2.41. The van der Waals surface area contributed by atoms with Gasteiger partial charge in [0, 0.05) is 31.0 Å². The average Bonchev–Trinajstić information content (AvgIpc) is 3.29.